The average Bonchev–Trinajstić information content (AvgIpc) is 3.31. The van der Waals surface area contributed by atoms with Gasteiger partial charge in [0, 0.05) is 25.6 Å². The van der Waals surface area contributed by atoms with Crippen molar-refractivity contribution in [3.05, 3.63) is 0 Å². The Morgan fingerprint density at radius 1 is 1.00 bits per heavy atom. The Morgan fingerprint density at radius 2 is 1.70 bits per heavy atom. The minimum atomic E-state index is 0.419. The van der Waals surface area contributed by atoms with E-state index in [1.165, 1.54) is 43.7 Å². The van der Waals surface area contributed by atoms with Crippen LogP contribution in [0.4, 0.5) is 0 Å². The number of carbonyl (C=O) groups is 1. The highest BCUT2D eigenvalue weighted by Gasteiger charge is 2.27. The first kappa shape index (κ1) is 14.7. The molecule has 0 bridgehead atoms. The molecule has 0 unspecified atom stereocenters. The fourth-order valence-electron chi connectivity index (χ4n) is 3.31. The molecular formula is C16H28N2OS. The van der Waals surface area contributed by atoms with Gasteiger partial charge in [0.1, 0.15) is 0 Å². The number of nitrogens with one attached hydrogen (secondary N) is 1. The zero-order chi connectivity index (χ0) is 13.8. The molecule has 3 nitrogen and oxygen atoms in total. The van der Waals surface area contributed by atoms with Gasteiger partial charge in [-0.25, -0.2) is 0 Å². The maximum absolute atomic E-state index is 12.3. The topological polar surface area (TPSA) is 32.3 Å². The molecule has 0 aromatic heterocycles. The summed E-state index contributed by atoms with van der Waals surface area (Å²) in [5.74, 6) is 4.55. The number of thioether (sulfide) groups is 1. The van der Waals surface area contributed by atoms with E-state index in [9.17, 15) is 4.79 Å². The van der Waals surface area contributed by atoms with Gasteiger partial charge in [-0.2, -0.15) is 11.8 Å². The quantitative estimate of drug-likeness (QED) is 0.846. The zero-order valence-electron chi connectivity index (χ0n) is 12.5. The maximum atomic E-state index is 12.3. The lowest BCUT2D eigenvalue weighted by molar-refractivity contribution is -0.133. The zero-order valence-corrected chi connectivity index (χ0v) is 13.3. The summed E-state index contributed by atoms with van der Waals surface area (Å²) in [6.45, 7) is 3.16. The number of rotatable bonds is 5. The summed E-state index contributed by atoms with van der Waals surface area (Å²) in [5.41, 5.74) is 0. The molecule has 1 amide bonds. The van der Waals surface area contributed by atoms with Crippen LogP contribution in [0.2, 0.25) is 0 Å². The Kier molecular flexibility index (Phi) is 5.27. The first-order valence-corrected chi connectivity index (χ1v) is 9.55. The van der Waals surface area contributed by atoms with Gasteiger partial charge in [0.25, 0.3) is 0 Å². The minimum absolute atomic E-state index is 0.419. The van der Waals surface area contributed by atoms with E-state index in [1.54, 1.807) is 0 Å². The summed E-state index contributed by atoms with van der Waals surface area (Å²) in [4.78, 5) is 14.5. The van der Waals surface area contributed by atoms with E-state index < -0.39 is 0 Å². The van der Waals surface area contributed by atoms with Gasteiger partial charge >= 0.3 is 0 Å². The van der Waals surface area contributed by atoms with Gasteiger partial charge in [-0.15, -0.1) is 0 Å². The molecule has 1 aliphatic carbocycles. The fourth-order valence-corrected chi connectivity index (χ4v) is 4.52. The van der Waals surface area contributed by atoms with Gasteiger partial charge in [-0.05, 0) is 68.4 Å². The SMILES string of the molecule is O=C(CC1CCSCC1)N1CCC(NCC2CC2)CC1. The van der Waals surface area contributed by atoms with Crippen LogP contribution in [0.25, 0.3) is 0 Å². The molecule has 2 heterocycles. The highest BCUT2D eigenvalue weighted by molar-refractivity contribution is 7.99. The molecule has 0 aromatic carbocycles. The number of carbonyl (C=O) groups excluding carboxylic acids is 1. The first-order chi connectivity index (χ1) is 9.81. The molecule has 0 atom stereocenters. The maximum Gasteiger partial charge on any atom is 0.222 e. The molecule has 0 spiro atoms. The lowest BCUT2D eigenvalue weighted by Gasteiger charge is -2.34. The van der Waals surface area contributed by atoms with E-state index in [0.29, 0.717) is 17.9 Å². The molecule has 3 rings (SSSR count). The van der Waals surface area contributed by atoms with Crippen molar-refractivity contribution in [3.63, 3.8) is 0 Å². The first-order valence-electron chi connectivity index (χ1n) is 8.40. The van der Waals surface area contributed by atoms with Crippen molar-refractivity contribution in [2.75, 3.05) is 31.1 Å². The van der Waals surface area contributed by atoms with Crippen molar-refractivity contribution in [2.24, 2.45) is 11.8 Å². The molecule has 3 aliphatic rings. The highest BCUT2D eigenvalue weighted by Crippen LogP contribution is 2.28. The van der Waals surface area contributed by atoms with E-state index in [-0.39, 0.29) is 0 Å². The Bertz CT molecular complexity index is 318. The van der Waals surface area contributed by atoms with Crippen molar-refractivity contribution in [2.45, 2.75) is 51.0 Å². The van der Waals surface area contributed by atoms with E-state index >= 15 is 0 Å². The number of piperidine rings is 1. The van der Waals surface area contributed by atoms with Crippen LogP contribution in [0.5, 0.6) is 0 Å². The molecule has 4 heteroatoms. The highest BCUT2D eigenvalue weighted by atomic mass is 32.2. The number of amides is 1. The summed E-state index contributed by atoms with van der Waals surface area (Å²) >= 11 is 2.04. The van der Waals surface area contributed by atoms with Crippen molar-refractivity contribution < 1.29 is 4.79 Å². The summed E-state index contributed by atoms with van der Waals surface area (Å²) in [6, 6.07) is 0.658. The molecule has 1 saturated carbocycles. The van der Waals surface area contributed by atoms with Crippen molar-refractivity contribution >= 4 is 17.7 Å². The normalized spacial score (nSPS) is 25.9. The summed E-state index contributed by atoms with van der Waals surface area (Å²) < 4.78 is 0. The number of hydrogen-bond acceptors (Lipinski definition) is 3. The molecule has 0 aromatic rings. The van der Waals surface area contributed by atoms with Gasteiger partial charge in [0.2, 0.25) is 5.91 Å². The third kappa shape index (κ3) is 4.39. The number of nitrogens with zero attached hydrogens (tertiary/aromatic N) is 1. The van der Waals surface area contributed by atoms with E-state index in [0.717, 1.165) is 38.3 Å². The van der Waals surface area contributed by atoms with Gasteiger partial charge in [-0.3, -0.25) is 4.79 Å². The van der Waals surface area contributed by atoms with Crippen LogP contribution in [0.1, 0.15) is 44.9 Å². The monoisotopic (exact) mass is 296 g/mol. The van der Waals surface area contributed by atoms with E-state index in [1.807, 2.05) is 11.8 Å². The number of likely N-dealkylation sites (tertiary alicyclic amines) is 1. The molecule has 2 saturated heterocycles. The number of hydrogen-bond donors (Lipinski definition) is 1. The van der Waals surface area contributed by atoms with Crippen LogP contribution in [0.3, 0.4) is 0 Å². The molecule has 114 valence electrons. The molecule has 2 aliphatic heterocycles. The second kappa shape index (κ2) is 7.17. The summed E-state index contributed by atoms with van der Waals surface area (Å²) in [7, 11) is 0. The summed E-state index contributed by atoms with van der Waals surface area (Å²) in [6.07, 6.45) is 8.44. The van der Waals surface area contributed by atoms with E-state index in [4.69, 9.17) is 0 Å². The van der Waals surface area contributed by atoms with Crippen molar-refractivity contribution in [1.29, 1.82) is 0 Å². The molecular weight excluding hydrogens is 268 g/mol. The standard InChI is InChI=1S/C16H28N2OS/c19-16(11-13-5-9-20-10-6-13)18-7-3-15(4-8-18)17-12-14-1-2-14/h13-15,17H,1-12H2. The van der Waals surface area contributed by atoms with Crippen LogP contribution < -0.4 is 5.32 Å². The van der Waals surface area contributed by atoms with E-state index in [2.05, 4.69) is 10.2 Å². The second-order valence-corrected chi connectivity index (χ2v) is 7.99. The molecule has 3 fully saturated rings. The van der Waals surface area contributed by atoms with Crippen LogP contribution in [0, 0.1) is 11.8 Å². The Hall–Kier alpha value is -0.220. The summed E-state index contributed by atoms with van der Waals surface area (Å²) in [5, 5.41) is 3.68. The third-order valence-corrected chi connectivity index (χ3v) is 6.09. The molecule has 0 radical (unpaired) electrons. The lowest BCUT2D eigenvalue weighted by atomic mass is 9.97. The Morgan fingerprint density at radius 3 is 2.35 bits per heavy atom. The van der Waals surface area contributed by atoms with Crippen molar-refractivity contribution in [3.8, 4) is 0 Å². The molecule has 20 heavy (non-hydrogen) atoms. The van der Waals surface area contributed by atoms with Gasteiger partial charge in [-0.1, -0.05) is 0 Å². The van der Waals surface area contributed by atoms with Gasteiger partial charge < -0.3 is 10.2 Å². The molecule has 1 N–H and O–H groups in total. The average molecular weight is 296 g/mol. The predicted molar refractivity (Wildman–Crippen MR) is 85.0 cm³/mol. The Balaban J connectivity index is 1.34. The predicted octanol–water partition coefficient (Wildman–Crippen LogP) is 2.51. The largest absolute Gasteiger partial charge is 0.343 e. The third-order valence-electron chi connectivity index (χ3n) is 5.04. The van der Waals surface area contributed by atoms with Crippen LogP contribution >= 0.6 is 11.8 Å². The van der Waals surface area contributed by atoms with Crippen LogP contribution in [-0.2, 0) is 4.79 Å². The minimum Gasteiger partial charge on any atom is -0.343 e. The van der Waals surface area contributed by atoms with Crippen molar-refractivity contribution in [1.82, 2.24) is 10.2 Å². The lowest BCUT2D eigenvalue weighted by Crippen LogP contribution is -2.45. The second-order valence-electron chi connectivity index (χ2n) is 6.77. The van der Waals surface area contributed by atoms with Gasteiger partial charge in [0.15, 0.2) is 0 Å². The Labute approximate surface area is 127 Å². The van der Waals surface area contributed by atoms with Gasteiger partial charge in [0.05, 0.1) is 0 Å². The fraction of sp³-hybridized carbons (Fsp3) is 0.938. The smallest absolute Gasteiger partial charge is 0.222 e. The van der Waals surface area contributed by atoms with Crippen LogP contribution in [0.15, 0.2) is 0 Å². The van der Waals surface area contributed by atoms with Crippen LogP contribution in [-0.4, -0.2) is 48.0 Å².